The second-order valence-electron chi connectivity index (χ2n) is 7.41. The molecule has 2 N–H and O–H groups in total. The number of carbonyl (C=O) groups excluding carboxylic acids is 2. The van der Waals surface area contributed by atoms with Crippen molar-refractivity contribution in [2.45, 2.75) is 18.9 Å². The van der Waals surface area contributed by atoms with Gasteiger partial charge in [0.25, 0.3) is 5.91 Å². The van der Waals surface area contributed by atoms with Crippen LogP contribution in [-0.2, 0) is 9.59 Å². The molecule has 0 bridgehead atoms. The Morgan fingerprint density at radius 3 is 2.42 bits per heavy atom. The van der Waals surface area contributed by atoms with Crippen molar-refractivity contribution in [1.29, 1.82) is 0 Å². The van der Waals surface area contributed by atoms with Crippen molar-refractivity contribution in [2.24, 2.45) is 0 Å². The molecule has 1 aliphatic heterocycles. The molecule has 0 unspecified atom stereocenters. The van der Waals surface area contributed by atoms with Crippen LogP contribution in [0.2, 0.25) is 0 Å². The number of benzene rings is 3. The zero-order valence-electron chi connectivity index (χ0n) is 17.4. The highest BCUT2D eigenvalue weighted by molar-refractivity contribution is 5.98. The van der Waals surface area contributed by atoms with E-state index < -0.39 is 6.04 Å². The topological polar surface area (TPSA) is 70.7 Å². The number of hydrogen-bond acceptors (Lipinski definition) is 4. The third-order valence-electron chi connectivity index (χ3n) is 5.30. The van der Waals surface area contributed by atoms with Gasteiger partial charge in [-0.3, -0.25) is 9.59 Å². The highest BCUT2D eigenvalue weighted by Gasteiger charge is 2.23. The van der Waals surface area contributed by atoms with E-state index in [2.05, 4.69) is 10.6 Å². The summed E-state index contributed by atoms with van der Waals surface area (Å²) in [6.45, 7) is 0.751. The summed E-state index contributed by atoms with van der Waals surface area (Å²) in [6, 6.07) is 23.9. The third-order valence-corrected chi connectivity index (χ3v) is 5.30. The van der Waals surface area contributed by atoms with Crippen LogP contribution in [0.5, 0.6) is 5.75 Å². The molecule has 0 radical (unpaired) electrons. The molecule has 1 fully saturated rings. The fourth-order valence-electron chi connectivity index (χ4n) is 3.69. The molecule has 1 aliphatic rings. The Bertz CT molecular complexity index is 1050. The normalized spacial score (nSPS) is 14.2. The van der Waals surface area contributed by atoms with Gasteiger partial charge in [-0.15, -0.1) is 0 Å². The summed E-state index contributed by atoms with van der Waals surface area (Å²) in [7, 11) is 1.59. The molecule has 31 heavy (non-hydrogen) atoms. The maximum absolute atomic E-state index is 13.2. The number of rotatable bonds is 7. The molecule has 1 atom stereocenters. The van der Waals surface area contributed by atoms with E-state index in [0.717, 1.165) is 29.9 Å². The summed E-state index contributed by atoms with van der Waals surface area (Å²) in [5.74, 6) is 0.646. The van der Waals surface area contributed by atoms with Gasteiger partial charge < -0.3 is 20.3 Å². The average Bonchev–Trinajstić information content (AvgIpc) is 3.24. The molecule has 0 saturated carbocycles. The lowest BCUT2D eigenvalue weighted by atomic mass is 10.1. The Kier molecular flexibility index (Phi) is 6.17. The van der Waals surface area contributed by atoms with Crippen LogP contribution in [0.4, 0.5) is 17.1 Å². The number of carbonyl (C=O) groups is 2. The Hall–Kier alpha value is -3.80. The quantitative estimate of drug-likeness (QED) is 0.591. The molecule has 6 nitrogen and oxygen atoms in total. The molecule has 0 aromatic heterocycles. The van der Waals surface area contributed by atoms with Crippen LogP contribution < -0.4 is 20.3 Å². The smallest absolute Gasteiger partial charge is 0.251 e. The maximum Gasteiger partial charge on any atom is 0.251 e. The molecule has 1 heterocycles. The van der Waals surface area contributed by atoms with Crippen LogP contribution in [0.1, 0.15) is 24.4 Å². The second kappa shape index (κ2) is 9.34. The number of hydrogen-bond donors (Lipinski definition) is 2. The van der Waals surface area contributed by atoms with E-state index in [-0.39, 0.29) is 11.8 Å². The molecule has 1 saturated heterocycles. The third kappa shape index (κ3) is 4.86. The van der Waals surface area contributed by atoms with Crippen LogP contribution >= 0.6 is 0 Å². The van der Waals surface area contributed by atoms with Crippen LogP contribution in [0.25, 0.3) is 0 Å². The van der Waals surface area contributed by atoms with Crippen molar-refractivity contribution in [2.75, 3.05) is 29.2 Å². The van der Waals surface area contributed by atoms with Gasteiger partial charge in [-0.2, -0.15) is 0 Å². The minimum atomic E-state index is -0.591. The zero-order chi connectivity index (χ0) is 21.6. The van der Waals surface area contributed by atoms with Gasteiger partial charge in [-0.1, -0.05) is 36.4 Å². The number of anilines is 3. The van der Waals surface area contributed by atoms with E-state index in [1.807, 2.05) is 72.8 Å². The first-order valence-electron chi connectivity index (χ1n) is 10.3. The van der Waals surface area contributed by atoms with E-state index in [1.165, 1.54) is 0 Å². The van der Waals surface area contributed by atoms with Gasteiger partial charge in [0.2, 0.25) is 5.91 Å². The van der Waals surface area contributed by atoms with Crippen molar-refractivity contribution >= 4 is 28.9 Å². The lowest BCUT2D eigenvalue weighted by Gasteiger charge is -2.21. The molecule has 3 aromatic carbocycles. The monoisotopic (exact) mass is 415 g/mol. The van der Waals surface area contributed by atoms with Crippen LogP contribution in [0.3, 0.4) is 0 Å². The fourth-order valence-corrected chi connectivity index (χ4v) is 3.69. The minimum absolute atomic E-state index is 0.153. The SMILES string of the molecule is COc1cccc(NC(=O)[C@H](Nc2ccc(N3CCCC3=O)cc2)c2ccccc2)c1. The molecular formula is C25H25N3O3. The number of methoxy groups -OCH3 is 1. The molecule has 0 aliphatic carbocycles. The summed E-state index contributed by atoms with van der Waals surface area (Å²) >= 11 is 0. The van der Waals surface area contributed by atoms with Crippen molar-refractivity contribution in [3.63, 3.8) is 0 Å². The van der Waals surface area contributed by atoms with Crippen molar-refractivity contribution in [3.05, 3.63) is 84.4 Å². The van der Waals surface area contributed by atoms with Crippen LogP contribution in [0, 0.1) is 0 Å². The fraction of sp³-hybridized carbons (Fsp3) is 0.200. The van der Waals surface area contributed by atoms with E-state index in [1.54, 1.807) is 18.1 Å². The van der Waals surface area contributed by atoms with Crippen molar-refractivity contribution in [3.8, 4) is 5.75 Å². The zero-order valence-corrected chi connectivity index (χ0v) is 17.4. The Labute approximate surface area is 181 Å². The first kappa shape index (κ1) is 20.5. The van der Waals surface area contributed by atoms with Gasteiger partial charge in [0, 0.05) is 36.1 Å². The van der Waals surface area contributed by atoms with Gasteiger partial charge in [0.1, 0.15) is 11.8 Å². The van der Waals surface area contributed by atoms with E-state index in [4.69, 9.17) is 4.74 Å². The molecule has 6 heteroatoms. The van der Waals surface area contributed by atoms with Gasteiger partial charge in [-0.05, 0) is 48.4 Å². The Morgan fingerprint density at radius 1 is 0.968 bits per heavy atom. The van der Waals surface area contributed by atoms with E-state index in [0.29, 0.717) is 17.9 Å². The number of nitrogens with zero attached hydrogens (tertiary/aromatic N) is 1. The van der Waals surface area contributed by atoms with Crippen LogP contribution in [-0.4, -0.2) is 25.5 Å². The molecule has 158 valence electrons. The highest BCUT2D eigenvalue weighted by Crippen LogP contribution is 2.26. The van der Waals surface area contributed by atoms with E-state index >= 15 is 0 Å². The van der Waals surface area contributed by atoms with Gasteiger partial charge >= 0.3 is 0 Å². The summed E-state index contributed by atoms with van der Waals surface area (Å²) < 4.78 is 5.24. The predicted molar refractivity (Wildman–Crippen MR) is 122 cm³/mol. The minimum Gasteiger partial charge on any atom is -0.497 e. The largest absolute Gasteiger partial charge is 0.497 e. The standard InChI is InChI=1S/C25H25N3O3/c1-31-22-10-5-9-20(17-22)27-25(30)24(18-7-3-2-4-8-18)26-19-12-14-21(15-13-19)28-16-6-11-23(28)29/h2-5,7-10,12-15,17,24,26H,6,11,16H2,1H3,(H,27,30)/t24-/m1/s1. The Morgan fingerprint density at radius 2 is 1.74 bits per heavy atom. The summed E-state index contributed by atoms with van der Waals surface area (Å²) in [6.07, 6.45) is 1.49. The van der Waals surface area contributed by atoms with Crippen molar-refractivity contribution < 1.29 is 14.3 Å². The molecule has 2 amide bonds. The molecule has 4 rings (SSSR count). The molecule has 0 spiro atoms. The number of ether oxygens (including phenoxy) is 1. The lowest BCUT2D eigenvalue weighted by molar-refractivity contribution is -0.117. The Balaban J connectivity index is 1.54. The molecule has 3 aromatic rings. The van der Waals surface area contributed by atoms with E-state index in [9.17, 15) is 9.59 Å². The summed E-state index contributed by atoms with van der Waals surface area (Å²) in [4.78, 5) is 26.9. The number of nitrogens with one attached hydrogen (secondary N) is 2. The van der Waals surface area contributed by atoms with Gasteiger partial charge in [0.15, 0.2) is 0 Å². The highest BCUT2D eigenvalue weighted by atomic mass is 16.5. The maximum atomic E-state index is 13.2. The summed E-state index contributed by atoms with van der Waals surface area (Å²) in [5.41, 5.74) is 3.19. The first-order valence-corrected chi connectivity index (χ1v) is 10.3. The lowest BCUT2D eigenvalue weighted by Crippen LogP contribution is -2.27. The van der Waals surface area contributed by atoms with Gasteiger partial charge in [-0.25, -0.2) is 0 Å². The predicted octanol–water partition coefficient (Wildman–Crippen LogP) is 4.61. The van der Waals surface area contributed by atoms with Gasteiger partial charge in [0.05, 0.1) is 7.11 Å². The van der Waals surface area contributed by atoms with Crippen molar-refractivity contribution in [1.82, 2.24) is 0 Å². The second-order valence-corrected chi connectivity index (χ2v) is 7.41. The first-order chi connectivity index (χ1) is 15.1. The number of amides is 2. The summed E-state index contributed by atoms with van der Waals surface area (Å²) in [5, 5.41) is 6.29. The van der Waals surface area contributed by atoms with Crippen LogP contribution in [0.15, 0.2) is 78.9 Å². The molecular weight excluding hydrogens is 390 g/mol. The average molecular weight is 415 g/mol.